The van der Waals surface area contributed by atoms with Gasteiger partial charge in [0, 0.05) is 17.1 Å². The predicted octanol–water partition coefficient (Wildman–Crippen LogP) is 6.91. The zero-order valence-electron chi connectivity index (χ0n) is 21.8. The molecular weight excluding hydrogens is 462 g/mol. The first-order valence-corrected chi connectivity index (χ1v) is 15.7. The van der Waals surface area contributed by atoms with Gasteiger partial charge in [-0.05, 0) is 54.1 Å². The maximum Gasteiger partial charge on any atom is 0.248 e. The molecule has 1 aromatic heterocycles. The van der Waals surface area contributed by atoms with Crippen molar-refractivity contribution in [2.24, 2.45) is 0 Å². The molecule has 7 heteroatoms. The lowest BCUT2D eigenvalue weighted by Crippen LogP contribution is -2.47. The molecule has 2 aromatic rings. The first-order valence-electron chi connectivity index (χ1n) is 12.2. The summed E-state index contributed by atoms with van der Waals surface area (Å²) in [5, 5.41) is 0.655. The molecule has 0 radical (unpaired) electrons. The average Bonchev–Trinajstić information content (AvgIpc) is 3.20. The van der Waals surface area contributed by atoms with E-state index in [0.717, 1.165) is 17.4 Å². The molecule has 3 rings (SSSR count). The minimum Gasteiger partial charge on any atom is -0.412 e. The standard InChI is InChI=1S/C27H39NO4SSi/c1-19(2)34(20(3)4,21(5)6)32-18-23-16-22(7)26-24(25(23)17-29)12-15-28(26)33(30,31)27(8)13-10-9-11-14-27/h9-13,15-17,19-21H,14,18H2,1-8H3. The summed E-state index contributed by atoms with van der Waals surface area (Å²) in [4.78, 5) is 12.3. The van der Waals surface area contributed by atoms with Crippen LogP contribution in [0.1, 0.15) is 76.4 Å². The Bertz CT molecular complexity index is 1220. The zero-order valence-corrected chi connectivity index (χ0v) is 23.6. The number of carbonyl (C=O) groups is 1. The predicted molar refractivity (Wildman–Crippen MR) is 144 cm³/mol. The van der Waals surface area contributed by atoms with Crippen LogP contribution < -0.4 is 0 Å². The molecule has 0 saturated heterocycles. The van der Waals surface area contributed by atoms with Gasteiger partial charge in [0.15, 0.2) is 6.29 Å². The lowest BCUT2D eigenvalue weighted by Gasteiger charge is -2.42. The number of nitrogens with zero attached hydrogens (tertiary/aromatic N) is 1. The van der Waals surface area contributed by atoms with E-state index in [1.54, 1.807) is 31.3 Å². The van der Waals surface area contributed by atoms with Gasteiger partial charge in [0.2, 0.25) is 18.3 Å². The highest BCUT2D eigenvalue weighted by atomic mass is 32.2. The minimum absolute atomic E-state index is 0.356. The van der Waals surface area contributed by atoms with Crippen molar-refractivity contribution < 1.29 is 17.6 Å². The molecule has 1 unspecified atom stereocenters. The van der Waals surface area contributed by atoms with E-state index >= 15 is 0 Å². The molecule has 34 heavy (non-hydrogen) atoms. The first kappa shape index (κ1) is 26.6. The summed E-state index contributed by atoms with van der Waals surface area (Å²) in [5.41, 5.74) is 4.01. The normalized spacial score (nSPS) is 19.1. The van der Waals surface area contributed by atoms with Crippen molar-refractivity contribution in [1.82, 2.24) is 3.97 Å². The van der Waals surface area contributed by atoms with E-state index < -0.39 is 23.1 Å². The van der Waals surface area contributed by atoms with Gasteiger partial charge >= 0.3 is 0 Å². The average molecular weight is 502 g/mol. The lowest BCUT2D eigenvalue weighted by molar-refractivity contribution is 0.112. The van der Waals surface area contributed by atoms with E-state index in [1.807, 2.05) is 25.1 Å². The fourth-order valence-electron chi connectivity index (χ4n) is 5.88. The van der Waals surface area contributed by atoms with Gasteiger partial charge in [-0.15, -0.1) is 0 Å². The van der Waals surface area contributed by atoms with E-state index in [-0.39, 0.29) is 0 Å². The van der Waals surface area contributed by atoms with Crippen LogP contribution in [0.15, 0.2) is 42.6 Å². The molecule has 0 bridgehead atoms. The SMILES string of the molecule is Cc1cc(CO[Si](C(C)C)(C(C)C)C(C)C)c(C=O)c2ccn(S(=O)(=O)C3(C)C=CC=CC3)c12. The summed E-state index contributed by atoms with van der Waals surface area (Å²) >= 11 is 0. The van der Waals surface area contributed by atoms with Crippen molar-refractivity contribution in [1.29, 1.82) is 0 Å². The summed E-state index contributed by atoms with van der Waals surface area (Å²) in [6, 6.07) is 3.67. The van der Waals surface area contributed by atoms with Gasteiger partial charge in [-0.1, -0.05) is 71.9 Å². The highest BCUT2D eigenvalue weighted by Crippen LogP contribution is 2.43. The third-order valence-electron chi connectivity index (χ3n) is 7.62. The van der Waals surface area contributed by atoms with Crippen LogP contribution in [0.2, 0.25) is 16.6 Å². The van der Waals surface area contributed by atoms with Crippen molar-refractivity contribution in [2.75, 3.05) is 0 Å². The van der Waals surface area contributed by atoms with Gasteiger partial charge in [-0.3, -0.25) is 4.79 Å². The molecule has 0 amide bonds. The summed E-state index contributed by atoms with van der Waals surface area (Å²) < 4.78 is 34.4. The molecule has 1 aliphatic rings. The number of fused-ring (bicyclic) bond motifs is 1. The molecule has 5 nitrogen and oxygen atoms in total. The Labute approximate surface area is 206 Å². The third kappa shape index (κ3) is 4.16. The number of benzene rings is 1. The van der Waals surface area contributed by atoms with E-state index in [0.29, 0.717) is 46.1 Å². The molecule has 0 aliphatic heterocycles. The van der Waals surface area contributed by atoms with Gasteiger partial charge in [-0.2, -0.15) is 0 Å². The molecule has 0 N–H and O–H groups in total. The van der Waals surface area contributed by atoms with Crippen LogP contribution in [-0.4, -0.2) is 31.7 Å². The summed E-state index contributed by atoms with van der Waals surface area (Å²) in [7, 11) is -5.86. The van der Waals surface area contributed by atoms with Crippen molar-refractivity contribution in [3.05, 3.63) is 59.3 Å². The maximum atomic E-state index is 13.7. The fraction of sp³-hybridized carbons (Fsp3) is 0.519. The van der Waals surface area contributed by atoms with Crippen LogP contribution >= 0.6 is 0 Å². The summed E-state index contributed by atoms with van der Waals surface area (Å²) in [6.45, 7) is 17.4. The maximum absolute atomic E-state index is 13.7. The number of aldehydes is 1. The van der Waals surface area contributed by atoms with Crippen molar-refractivity contribution in [3.63, 3.8) is 0 Å². The van der Waals surface area contributed by atoms with Crippen molar-refractivity contribution in [3.8, 4) is 0 Å². The second-order valence-corrected chi connectivity index (χ2v) is 18.4. The fourth-order valence-corrected chi connectivity index (χ4v) is 13.0. The van der Waals surface area contributed by atoms with Gasteiger partial charge in [-0.25, -0.2) is 12.4 Å². The Morgan fingerprint density at radius 3 is 2.24 bits per heavy atom. The topological polar surface area (TPSA) is 65.4 Å². The van der Waals surface area contributed by atoms with Crippen LogP contribution in [-0.2, 0) is 21.1 Å². The summed E-state index contributed by atoms with van der Waals surface area (Å²) in [5.74, 6) is 0. The minimum atomic E-state index is -3.74. The van der Waals surface area contributed by atoms with Gasteiger partial charge in [0.25, 0.3) is 0 Å². The van der Waals surface area contributed by atoms with E-state index in [1.165, 1.54) is 3.97 Å². The number of aromatic nitrogens is 1. The monoisotopic (exact) mass is 501 g/mol. The smallest absolute Gasteiger partial charge is 0.248 e. The molecular formula is C27H39NO4SSi. The Morgan fingerprint density at radius 2 is 1.74 bits per heavy atom. The van der Waals surface area contributed by atoms with Crippen LogP contribution in [0.3, 0.4) is 0 Å². The van der Waals surface area contributed by atoms with Gasteiger partial charge < -0.3 is 4.43 Å². The highest BCUT2D eigenvalue weighted by molar-refractivity contribution is 7.91. The lowest BCUT2D eigenvalue weighted by atomic mass is 10.0. The van der Waals surface area contributed by atoms with Crippen LogP contribution in [0.25, 0.3) is 10.9 Å². The number of aryl methyl sites for hydroxylation is 1. The zero-order chi connectivity index (χ0) is 25.5. The van der Waals surface area contributed by atoms with Crippen molar-refractivity contribution >= 4 is 35.5 Å². The number of carbonyl (C=O) groups excluding carboxylic acids is 1. The molecule has 1 heterocycles. The molecule has 0 spiro atoms. The van der Waals surface area contributed by atoms with Crippen LogP contribution in [0.4, 0.5) is 0 Å². The van der Waals surface area contributed by atoms with E-state index in [9.17, 15) is 13.2 Å². The quantitative estimate of drug-likeness (QED) is 0.277. The largest absolute Gasteiger partial charge is 0.412 e. The molecule has 1 aromatic carbocycles. The molecule has 1 atom stereocenters. The summed E-state index contributed by atoms with van der Waals surface area (Å²) in [6.07, 6.45) is 10.1. The van der Waals surface area contributed by atoms with E-state index in [4.69, 9.17) is 4.43 Å². The molecule has 0 saturated carbocycles. The molecule has 1 aliphatic carbocycles. The Hall–Kier alpha value is -1.96. The number of rotatable bonds is 9. The molecule has 0 fully saturated rings. The number of allylic oxidation sites excluding steroid dienone is 3. The highest BCUT2D eigenvalue weighted by Gasteiger charge is 2.45. The van der Waals surface area contributed by atoms with Gasteiger partial charge in [0.05, 0.1) is 12.1 Å². The number of hydrogen-bond acceptors (Lipinski definition) is 4. The number of hydrogen-bond donors (Lipinski definition) is 0. The second kappa shape index (κ2) is 9.59. The van der Waals surface area contributed by atoms with Gasteiger partial charge in [0.1, 0.15) is 4.75 Å². The van der Waals surface area contributed by atoms with Crippen molar-refractivity contribution in [2.45, 2.75) is 89.8 Å². The Balaban J connectivity index is 2.11. The Morgan fingerprint density at radius 1 is 1.12 bits per heavy atom. The Kier molecular flexibility index (Phi) is 7.51. The van der Waals surface area contributed by atoms with Crippen LogP contribution in [0.5, 0.6) is 0 Å². The third-order valence-corrected chi connectivity index (χ3v) is 16.0. The van der Waals surface area contributed by atoms with Crippen LogP contribution in [0, 0.1) is 6.92 Å². The second-order valence-electron chi connectivity index (χ2n) is 10.7. The molecule has 186 valence electrons. The van der Waals surface area contributed by atoms with E-state index in [2.05, 4.69) is 41.5 Å². The first-order chi connectivity index (χ1) is 15.8.